The number of fused-ring (bicyclic) bond motifs is 15. The van der Waals surface area contributed by atoms with Gasteiger partial charge in [0.25, 0.3) is 17.5 Å². The summed E-state index contributed by atoms with van der Waals surface area (Å²) in [5.41, 5.74) is 36.7. The van der Waals surface area contributed by atoms with Gasteiger partial charge in [-0.3, -0.25) is 0 Å². The van der Waals surface area contributed by atoms with Crippen LogP contribution in [0.4, 0.5) is 0 Å². The van der Waals surface area contributed by atoms with Gasteiger partial charge in [-0.25, -0.2) is 22.8 Å². The van der Waals surface area contributed by atoms with Crippen LogP contribution in [0.5, 0.6) is 0 Å². The van der Waals surface area contributed by atoms with Crippen LogP contribution >= 0.6 is 0 Å². The Bertz CT molecular complexity index is 7910. The second kappa shape index (κ2) is 31.2. The summed E-state index contributed by atoms with van der Waals surface area (Å²) in [6, 6.07) is 96.3. The van der Waals surface area contributed by atoms with E-state index in [0.717, 1.165) is 105 Å². The van der Waals surface area contributed by atoms with Crippen molar-refractivity contribution in [3.8, 4) is 62.5 Å². The van der Waals surface area contributed by atoms with E-state index in [1.807, 2.05) is 43.4 Å². The van der Waals surface area contributed by atoms with Gasteiger partial charge in [-0.2, -0.15) is 13.7 Å². The van der Waals surface area contributed by atoms with Gasteiger partial charge in [0.05, 0.1) is 46.4 Å². The zero-order valence-electron chi connectivity index (χ0n) is 72.0. The fraction of sp³-hybridized carbons (Fsp3) is 0.182. The predicted octanol–water partition coefficient (Wildman–Crippen LogP) is 26.8. The van der Waals surface area contributed by atoms with Gasteiger partial charge in [0.2, 0.25) is 6.33 Å². The number of aromatic nitrogens is 8. The van der Waals surface area contributed by atoms with Gasteiger partial charge in [-0.1, -0.05) is 217 Å². The highest BCUT2D eigenvalue weighted by molar-refractivity contribution is 6.12. The van der Waals surface area contributed by atoms with Gasteiger partial charge in [0.1, 0.15) is 67.9 Å². The molecule has 0 aliphatic rings. The van der Waals surface area contributed by atoms with Crippen LogP contribution in [0.2, 0.25) is 0 Å². The number of benzene rings is 14. The molecule has 0 bridgehead atoms. The van der Waals surface area contributed by atoms with Crippen LogP contribution in [-0.2, 0) is 35.2 Å². The molecular formula is C110H104N8O4+4. The molecule has 0 spiro atoms. The van der Waals surface area contributed by atoms with Crippen molar-refractivity contribution in [3.63, 3.8) is 0 Å². The average molecular weight is 1600 g/mol. The van der Waals surface area contributed by atoms with Crippen molar-refractivity contribution in [2.24, 2.45) is 35.2 Å². The number of aryl methyl sites for hydroxylation is 13. The zero-order chi connectivity index (χ0) is 83.7. The lowest BCUT2D eigenvalue weighted by molar-refractivity contribution is -0.670. The number of hydrogen-bond donors (Lipinski definition) is 0. The number of hydrogen-bond acceptors (Lipinski definition) is 4. The maximum Gasteiger partial charge on any atom is 0.299 e. The summed E-state index contributed by atoms with van der Waals surface area (Å²) in [4.78, 5) is 0. The molecule has 12 heteroatoms. The molecule has 0 unspecified atom stereocenters. The van der Waals surface area contributed by atoms with E-state index in [1.165, 1.54) is 134 Å². The van der Waals surface area contributed by atoms with Gasteiger partial charge in [0.15, 0.2) is 44.4 Å². The second-order valence-electron chi connectivity index (χ2n) is 33.5. The number of imidazole rings is 4. The minimum Gasteiger partial charge on any atom is -0.456 e. The highest BCUT2D eigenvalue weighted by atomic mass is 16.3. The van der Waals surface area contributed by atoms with Crippen molar-refractivity contribution in [1.29, 1.82) is 0 Å². The Morgan fingerprint density at radius 2 is 0.656 bits per heavy atom. The first-order valence-electron chi connectivity index (χ1n) is 42.1. The SMILES string of the molecule is C.Cc1cc2c(oc3ccccc32)c(C)c1-n1c(-c2c(C)ccc3c2oc2ccccc23)[n+](C)c2ccccc21.Cc1ccccc1-c1c[n+](C)cn1C.Cc1ccccc1-c1n(-c2c(C(C)C)cc3c(oc4ccccc43)c2C(C)C)c2ccccc2[n+]1C.Cc1ccccc1-c1n(-c2c(C)cc3c(oc4ccccc43)c2C)c2ccccc2[n+]1C. The summed E-state index contributed by atoms with van der Waals surface area (Å²) in [7, 11) is 10.6. The average Bonchev–Trinajstić information content (AvgIpc) is 1.56. The van der Waals surface area contributed by atoms with E-state index >= 15 is 0 Å². The maximum atomic E-state index is 6.61. The first-order valence-corrected chi connectivity index (χ1v) is 42.1. The molecular weight excluding hydrogens is 1500 g/mol. The molecule has 0 fully saturated rings. The van der Waals surface area contributed by atoms with E-state index < -0.39 is 0 Å². The Morgan fingerprint density at radius 1 is 0.303 bits per heavy atom. The summed E-state index contributed by atoms with van der Waals surface area (Å²) in [6.45, 7) is 26.6. The molecule has 22 aromatic rings. The predicted molar refractivity (Wildman–Crippen MR) is 504 cm³/mol. The van der Waals surface area contributed by atoms with E-state index in [2.05, 4.69) is 397 Å². The topological polar surface area (TPSA) is 87.8 Å². The highest BCUT2D eigenvalue weighted by Crippen LogP contribution is 2.47. The molecule has 0 amide bonds. The zero-order valence-corrected chi connectivity index (χ0v) is 72.0. The lowest BCUT2D eigenvalue weighted by atomic mass is 9.89. The van der Waals surface area contributed by atoms with Gasteiger partial charge in [-0.05, 0) is 192 Å². The Hall–Kier alpha value is -14.1. The maximum absolute atomic E-state index is 6.61. The van der Waals surface area contributed by atoms with Gasteiger partial charge >= 0.3 is 0 Å². The Kier molecular flexibility index (Phi) is 20.2. The number of nitrogens with zero attached hydrogens (tertiary/aromatic N) is 8. The monoisotopic (exact) mass is 1600 g/mol. The molecule has 0 aliphatic heterocycles. The number of rotatable bonds is 9. The third-order valence-corrected chi connectivity index (χ3v) is 25.0. The fourth-order valence-corrected chi connectivity index (χ4v) is 19.3. The first kappa shape index (κ1) is 79.0. The Morgan fingerprint density at radius 3 is 1.07 bits per heavy atom. The molecule has 122 heavy (non-hydrogen) atoms. The minimum atomic E-state index is 0. The Labute approximate surface area is 711 Å². The first-order chi connectivity index (χ1) is 58.6. The molecule has 0 aliphatic carbocycles. The smallest absolute Gasteiger partial charge is 0.299 e. The van der Waals surface area contributed by atoms with Crippen molar-refractivity contribution in [1.82, 2.24) is 18.3 Å². The van der Waals surface area contributed by atoms with Crippen molar-refractivity contribution < 1.29 is 35.9 Å². The molecule has 0 saturated carbocycles. The van der Waals surface area contributed by atoms with Crippen LogP contribution in [0.15, 0.2) is 303 Å². The summed E-state index contributed by atoms with van der Waals surface area (Å²) in [5.74, 6) is 4.06. The standard InChI is InChI=1S/C35H27N2O2.C33H33N2O.C29H25N2O.C12H15N2.CH4/c1-20-17-18-25-23-11-5-9-15-29(23)39-34(25)31(20)35-36(4)27-13-7-8-14-28(27)37(35)32-21(2)19-26-24-12-6-10-16-30(24)38-33(26)22(32)3;1-20(2)25-19-26-24-15-9-12-18-29(24)36-32(26)30(21(3)4)31(25)35-28-17-11-10-16-27(28)34(6)33(35)23-14-8-7-13-22(23)5;1-18-11-5-6-12-21(18)29-30(4)24-14-8-9-15-25(24)31(29)27-19(2)17-23-22-13-7-10-16-26(22)32-28(23)20(27)3;1-10-6-4-5-7-11(10)12-8-13(2)9-14(12)3;/h5-19H,1-4H3;7-21H,1-6H3;5-17H,1-4H3;4-9H,1-3H3;1H4/q4*+1;. The van der Waals surface area contributed by atoms with Crippen LogP contribution in [0.25, 0.3) is 183 Å². The van der Waals surface area contributed by atoms with E-state index in [1.54, 1.807) is 0 Å². The normalized spacial score (nSPS) is 11.7. The molecule has 0 saturated heterocycles. The van der Waals surface area contributed by atoms with Crippen LogP contribution in [0.1, 0.15) is 103 Å². The van der Waals surface area contributed by atoms with Gasteiger partial charge in [-0.15, -0.1) is 0 Å². The second-order valence-corrected chi connectivity index (χ2v) is 33.5. The van der Waals surface area contributed by atoms with E-state index in [0.29, 0.717) is 5.92 Å². The molecule has 604 valence electrons. The Balaban J connectivity index is 0.000000116. The molecule has 12 nitrogen and oxygen atoms in total. The van der Waals surface area contributed by atoms with Crippen LogP contribution < -0.4 is 18.3 Å². The summed E-state index contributed by atoms with van der Waals surface area (Å²) in [5, 5.41) is 9.31. The third-order valence-electron chi connectivity index (χ3n) is 25.0. The fourth-order valence-electron chi connectivity index (χ4n) is 19.3. The van der Waals surface area contributed by atoms with Gasteiger partial charge in [0, 0.05) is 70.9 Å². The minimum absolute atomic E-state index is 0. The summed E-state index contributed by atoms with van der Waals surface area (Å²) in [6.07, 6.45) is 4.21. The number of para-hydroxylation sites is 10. The van der Waals surface area contributed by atoms with Crippen LogP contribution in [0, 0.1) is 55.4 Å². The quantitative estimate of drug-likeness (QED) is 0.135. The number of furan rings is 4. The molecule has 0 radical (unpaired) electrons. The van der Waals surface area contributed by atoms with E-state index in [4.69, 9.17) is 17.7 Å². The van der Waals surface area contributed by atoms with Crippen molar-refractivity contribution in [2.75, 3.05) is 0 Å². The van der Waals surface area contributed by atoms with Crippen molar-refractivity contribution in [3.05, 3.63) is 341 Å². The summed E-state index contributed by atoms with van der Waals surface area (Å²) < 4.78 is 44.5. The highest BCUT2D eigenvalue weighted by Gasteiger charge is 2.37. The molecule has 22 rings (SSSR count). The lowest BCUT2D eigenvalue weighted by Crippen LogP contribution is -2.30. The molecule has 14 aromatic carbocycles. The van der Waals surface area contributed by atoms with Crippen LogP contribution in [-0.4, -0.2) is 18.3 Å². The largest absolute Gasteiger partial charge is 0.456 e. The summed E-state index contributed by atoms with van der Waals surface area (Å²) >= 11 is 0. The van der Waals surface area contributed by atoms with Crippen LogP contribution in [0.3, 0.4) is 0 Å². The molecule has 0 atom stereocenters. The van der Waals surface area contributed by atoms with Gasteiger partial charge < -0.3 is 17.7 Å². The van der Waals surface area contributed by atoms with E-state index in [-0.39, 0.29) is 13.3 Å². The lowest BCUT2D eigenvalue weighted by Gasteiger charge is -2.19. The molecule has 0 N–H and O–H groups in total. The third kappa shape index (κ3) is 12.9. The molecule has 8 heterocycles. The van der Waals surface area contributed by atoms with E-state index in [9.17, 15) is 0 Å². The van der Waals surface area contributed by atoms with Crippen molar-refractivity contribution >= 4 is 121 Å². The van der Waals surface area contributed by atoms with Crippen molar-refractivity contribution in [2.45, 2.75) is 102 Å². The molecule has 8 aromatic heterocycles.